The molecule has 1 saturated carbocycles. The van der Waals surface area contributed by atoms with Crippen LogP contribution in [0.1, 0.15) is 69.6 Å². The van der Waals surface area contributed by atoms with Crippen molar-refractivity contribution in [3.05, 3.63) is 93.2 Å². The average molecular weight is 513 g/mol. The lowest BCUT2D eigenvalue weighted by Crippen LogP contribution is -2.46. The SMILES string of the molecule is Cc1ccc(C(=O)C2C(c3cccs3)C(C(=O)O)N(C(=O)C3CCCC3)C2c2ccc(C#N)cc2)cc1. The molecule has 1 aliphatic heterocycles. The fourth-order valence-corrected chi connectivity index (χ4v) is 6.90. The molecule has 0 radical (unpaired) electrons. The molecule has 0 bridgehead atoms. The van der Waals surface area contributed by atoms with Gasteiger partial charge in [0, 0.05) is 22.3 Å². The maximum absolute atomic E-state index is 14.2. The number of rotatable bonds is 6. The van der Waals surface area contributed by atoms with Crippen molar-refractivity contribution in [3.63, 3.8) is 0 Å². The minimum atomic E-state index is -1.17. The van der Waals surface area contributed by atoms with Crippen molar-refractivity contribution >= 4 is 29.0 Å². The van der Waals surface area contributed by atoms with Crippen LogP contribution in [-0.2, 0) is 9.59 Å². The van der Waals surface area contributed by atoms with Crippen LogP contribution in [0, 0.1) is 30.1 Å². The quantitative estimate of drug-likeness (QED) is 0.425. The van der Waals surface area contributed by atoms with Gasteiger partial charge < -0.3 is 10.0 Å². The number of aliphatic carboxylic acids is 1. The number of hydrogen-bond donors (Lipinski definition) is 1. The van der Waals surface area contributed by atoms with Crippen LogP contribution < -0.4 is 0 Å². The first-order valence-electron chi connectivity index (χ1n) is 12.6. The first-order valence-corrected chi connectivity index (χ1v) is 13.5. The zero-order chi connectivity index (χ0) is 26.1. The molecule has 188 valence electrons. The number of likely N-dealkylation sites (tertiary alicyclic amines) is 1. The van der Waals surface area contributed by atoms with Crippen LogP contribution in [0.25, 0.3) is 0 Å². The molecule has 1 amide bonds. The molecule has 4 atom stereocenters. The van der Waals surface area contributed by atoms with E-state index in [0.717, 1.165) is 36.1 Å². The normalized spacial score (nSPS) is 23.6. The van der Waals surface area contributed by atoms with Crippen molar-refractivity contribution in [2.75, 3.05) is 0 Å². The van der Waals surface area contributed by atoms with Crippen LogP contribution in [0.4, 0.5) is 0 Å². The summed E-state index contributed by atoms with van der Waals surface area (Å²) in [6.45, 7) is 1.94. The van der Waals surface area contributed by atoms with Crippen molar-refractivity contribution in [2.24, 2.45) is 11.8 Å². The average Bonchev–Trinajstić information content (AvgIpc) is 3.68. The molecule has 1 N–H and O–H groups in total. The smallest absolute Gasteiger partial charge is 0.327 e. The van der Waals surface area contributed by atoms with Gasteiger partial charge in [0.15, 0.2) is 5.78 Å². The minimum Gasteiger partial charge on any atom is -0.480 e. The lowest BCUT2D eigenvalue weighted by atomic mass is 9.78. The van der Waals surface area contributed by atoms with Crippen LogP contribution >= 0.6 is 11.3 Å². The van der Waals surface area contributed by atoms with Crippen LogP contribution in [0.3, 0.4) is 0 Å². The van der Waals surface area contributed by atoms with Crippen LogP contribution in [0.15, 0.2) is 66.0 Å². The predicted octanol–water partition coefficient (Wildman–Crippen LogP) is 5.74. The van der Waals surface area contributed by atoms with Crippen molar-refractivity contribution in [3.8, 4) is 6.07 Å². The van der Waals surface area contributed by atoms with Gasteiger partial charge in [-0.25, -0.2) is 4.79 Å². The van der Waals surface area contributed by atoms with E-state index >= 15 is 0 Å². The number of ketones is 1. The van der Waals surface area contributed by atoms with Crippen LogP contribution in [-0.4, -0.2) is 33.7 Å². The molecule has 3 aromatic rings. The third-order valence-corrected chi connectivity index (χ3v) is 8.74. The minimum absolute atomic E-state index is 0.180. The Balaban J connectivity index is 1.72. The molecular formula is C30H28N2O4S. The molecule has 4 unspecified atom stereocenters. The lowest BCUT2D eigenvalue weighted by molar-refractivity contribution is -0.152. The third kappa shape index (κ3) is 4.58. The highest BCUT2D eigenvalue weighted by atomic mass is 32.1. The predicted molar refractivity (Wildman–Crippen MR) is 140 cm³/mol. The summed E-state index contributed by atoms with van der Waals surface area (Å²) in [5, 5.41) is 21.8. The summed E-state index contributed by atoms with van der Waals surface area (Å²) in [7, 11) is 0. The van der Waals surface area contributed by atoms with Gasteiger partial charge in [-0.15, -0.1) is 11.3 Å². The van der Waals surface area contributed by atoms with E-state index in [4.69, 9.17) is 0 Å². The molecule has 2 aromatic carbocycles. The first kappa shape index (κ1) is 24.9. The molecule has 37 heavy (non-hydrogen) atoms. The summed E-state index contributed by atoms with van der Waals surface area (Å²) in [6, 6.07) is 18.0. The van der Waals surface area contributed by atoms with Crippen molar-refractivity contribution < 1.29 is 19.5 Å². The molecule has 2 fully saturated rings. The van der Waals surface area contributed by atoms with E-state index in [1.54, 1.807) is 36.4 Å². The number of carboxylic acids is 1. The highest BCUT2D eigenvalue weighted by Gasteiger charge is 2.58. The number of nitrogens with zero attached hydrogens (tertiary/aromatic N) is 2. The number of Topliss-reactive ketones (excluding diaryl/α,β-unsaturated/α-hetero) is 1. The Morgan fingerprint density at radius 1 is 1.00 bits per heavy atom. The van der Waals surface area contributed by atoms with Crippen molar-refractivity contribution in [1.82, 2.24) is 4.90 Å². The molecule has 2 heterocycles. The molecule has 2 aliphatic rings. The van der Waals surface area contributed by atoms with Gasteiger partial charge in [0.05, 0.1) is 23.6 Å². The van der Waals surface area contributed by atoms with E-state index in [9.17, 15) is 24.8 Å². The largest absolute Gasteiger partial charge is 0.480 e. The Kier molecular flexibility index (Phi) is 6.94. The molecule has 1 aromatic heterocycles. The fraction of sp³-hybridized carbons (Fsp3) is 0.333. The fourth-order valence-electron chi connectivity index (χ4n) is 6.00. The van der Waals surface area contributed by atoms with E-state index in [0.29, 0.717) is 16.7 Å². The van der Waals surface area contributed by atoms with Gasteiger partial charge in [-0.2, -0.15) is 5.26 Å². The number of aryl methyl sites for hydroxylation is 1. The van der Waals surface area contributed by atoms with E-state index in [2.05, 4.69) is 6.07 Å². The van der Waals surface area contributed by atoms with Gasteiger partial charge in [0.1, 0.15) is 6.04 Å². The molecule has 6 nitrogen and oxygen atoms in total. The molecule has 7 heteroatoms. The Labute approximate surface area is 220 Å². The number of nitriles is 1. The zero-order valence-corrected chi connectivity index (χ0v) is 21.4. The lowest BCUT2D eigenvalue weighted by Gasteiger charge is -2.32. The second-order valence-corrected chi connectivity index (χ2v) is 11.0. The standard InChI is InChI=1S/C30H28N2O4S/c1-18-8-12-21(13-9-18)28(33)25-24(23-7-4-16-37-23)27(30(35)36)32(29(34)22-5-2-3-6-22)26(25)20-14-10-19(17-31)11-15-20/h4,7-16,22,24-27H,2-3,5-6H2,1H3,(H,35,36). The maximum Gasteiger partial charge on any atom is 0.327 e. The molecule has 1 saturated heterocycles. The zero-order valence-electron chi connectivity index (χ0n) is 20.5. The highest BCUT2D eigenvalue weighted by molar-refractivity contribution is 7.10. The van der Waals surface area contributed by atoms with Gasteiger partial charge >= 0.3 is 5.97 Å². The number of thiophene rings is 1. The summed E-state index contributed by atoms with van der Waals surface area (Å²) in [5.74, 6) is -3.22. The van der Waals surface area contributed by atoms with E-state index in [1.165, 1.54) is 16.2 Å². The topological polar surface area (TPSA) is 98.5 Å². The van der Waals surface area contributed by atoms with Gasteiger partial charge in [-0.3, -0.25) is 9.59 Å². The van der Waals surface area contributed by atoms with E-state index < -0.39 is 29.9 Å². The molecule has 5 rings (SSSR count). The van der Waals surface area contributed by atoms with Gasteiger partial charge in [0.25, 0.3) is 0 Å². The number of carbonyl (C=O) groups is 3. The molecule has 0 spiro atoms. The monoisotopic (exact) mass is 512 g/mol. The second kappa shape index (κ2) is 10.3. The maximum atomic E-state index is 14.2. The molecular weight excluding hydrogens is 484 g/mol. The Hall–Kier alpha value is -3.76. The van der Waals surface area contributed by atoms with Crippen molar-refractivity contribution in [2.45, 2.75) is 50.6 Å². The number of carbonyl (C=O) groups excluding carboxylic acids is 2. The summed E-state index contributed by atoms with van der Waals surface area (Å²) in [4.78, 5) is 43.5. The first-order chi connectivity index (χ1) is 17.9. The van der Waals surface area contributed by atoms with Crippen molar-refractivity contribution in [1.29, 1.82) is 5.26 Å². The Morgan fingerprint density at radius 2 is 1.68 bits per heavy atom. The summed E-state index contributed by atoms with van der Waals surface area (Å²) in [5.41, 5.74) is 2.64. The highest BCUT2D eigenvalue weighted by Crippen LogP contribution is 2.53. The Morgan fingerprint density at radius 3 is 2.24 bits per heavy atom. The summed E-state index contributed by atoms with van der Waals surface area (Å²) in [6.07, 6.45) is 3.32. The second-order valence-electron chi connectivity index (χ2n) is 9.99. The van der Waals surface area contributed by atoms with Gasteiger partial charge in [-0.1, -0.05) is 60.9 Å². The van der Waals surface area contributed by atoms with E-state index in [1.807, 2.05) is 36.6 Å². The van der Waals surface area contributed by atoms with Gasteiger partial charge in [-0.05, 0) is 48.9 Å². The molecule has 1 aliphatic carbocycles. The van der Waals surface area contributed by atoms with E-state index in [-0.39, 0.29) is 17.6 Å². The van der Waals surface area contributed by atoms with Gasteiger partial charge in [0.2, 0.25) is 5.91 Å². The summed E-state index contributed by atoms with van der Waals surface area (Å²) >= 11 is 1.41. The third-order valence-electron chi connectivity index (χ3n) is 7.77. The van der Waals surface area contributed by atoms with Crippen LogP contribution in [0.5, 0.6) is 0 Å². The number of benzene rings is 2. The number of carboxylic acid groups (broad SMARTS) is 1. The summed E-state index contributed by atoms with van der Waals surface area (Å²) < 4.78 is 0. The van der Waals surface area contributed by atoms with Crippen LogP contribution in [0.2, 0.25) is 0 Å². The number of hydrogen-bond acceptors (Lipinski definition) is 5. The Bertz CT molecular complexity index is 1340. The number of amides is 1.